The molecule has 4 atom stereocenters. The van der Waals surface area contributed by atoms with Crippen molar-refractivity contribution in [2.24, 2.45) is 24.8 Å². The Labute approximate surface area is 161 Å². The maximum absolute atomic E-state index is 12.9. The first kappa shape index (κ1) is 19.9. The highest BCUT2D eigenvalue weighted by atomic mass is 16.6. The number of aliphatic hydroxyl groups is 1. The molecule has 0 unspecified atom stereocenters. The molecule has 5 nitrogen and oxygen atoms in total. The van der Waals surface area contributed by atoms with Gasteiger partial charge in [0, 0.05) is 6.42 Å². The molecule has 1 fully saturated rings. The van der Waals surface area contributed by atoms with Gasteiger partial charge in [0.05, 0.1) is 7.05 Å². The molecule has 2 aromatic rings. The number of imidazole rings is 1. The average Bonchev–Trinajstić information content (AvgIpc) is 2.93. The standard InChI is InChI=1S/C22H33N2O3/c1-6-20-23(5)17-9-7-8-10-18(17)24(20)21(25)22(26)27-19-13-15(4)11-12-16(19)14(2)3/h7-10,14-16,19,21,25H,6,11-13H2,1-5H3/q+1/t15-,16+,19-,21-/m1/s1. The van der Waals surface area contributed by atoms with E-state index in [0.29, 0.717) is 24.2 Å². The number of nitrogens with zero attached hydrogens (tertiary/aromatic N) is 2. The lowest BCUT2D eigenvalue weighted by Crippen LogP contribution is -2.39. The van der Waals surface area contributed by atoms with E-state index in [4.69, 9.17) is 4.74 Å². The Morgan fingerprint density at radius 1 is 1.33 bits per heavy atom. The monoisotopic (exact) mass is 373 g/mol. The van der Waals surface area contributed by atoms with E-state index in [2.05, 4.69) is 20.8 Å². The van der Waals surface area contributed by atoms with Crippen molar-refractivity contribution in [2.75, 3.05) is 0 Å². The summed E-state index contributed by atoms with van der Waals surface area (Å²) in [5.41, 5.74) is 1.84. The SMILES string of the molecule is CCc1n([C@H](O)C(=O)O[C@@H]2C[C@H](C)CC[C@H]2C(C)C)c2ccccc2[n+]1C. The van der Waals surface area contributed by atoms with Crippen LogP contribution < -0.4 is 4.57 Å². The predicted molar refractivity (Wildman–Crippen MR) is 105 cm³/mol. The summed E-state index contributed by atoms with van der Waals surface area (Å²) in [6, 6.07) is 7.83. The zero-order valence-corrected chi connectivity index (χ0v) is 17.2. The Morgan fingerprint density at radius 2 is 2.04 bits per heavy atom. The zero-order valence-electron chi connectivity index (χ0n) is 17.2. The minimum absolute atomic E-state index is 0.114. The summed E-state index contributed by atoms with van der Waals surface area (Å²) in [5.74, 6) is 1.73. The van der Waals surface area contributed by atoms with Gasteiger partial charge in [-0.15, -0.1) is 0 Å². The number of para-hydroxylation sites is 2. The van der Waals surface area contributed by atoms with E-state index in [1.165, 1.54) is 6.42 Å². The van der Waals surface area contributed by atoms with Gasteiger partial charge in [-0.3, -0.25) is 0 Å². The van der Waals surface area contributed by atoms with Crippen LogP contribution in [0.1, 0.15) is 59.0 Å². The number of hydrogen-bond acceptors (Lipinski definition) is 3. The molecule has 5 heteroatoms. The van der Waals surface area contributed by atoms with Gasteiger partial charge in [-0.1, -0.05) is 46.2 Å². The molecule has 1 N–H and O–H groups in total. The van der Waals surface area contributed by atoms with E-state index in [1.54, 1.807) is 4.57 Å². The van der Waals surface area contributed by atoms with Crippen molar-refractivity contribution >= 4 is 17.0 Å². The molecular weight excluding hydrogens is 340 g/mol. The summed E-state index contributed by atoms with van der Waals surface area (Å²) in [6.45, 7) is 8.61. The number of aromatic nitrogens is 2. The predicted octanol–water partition coefficient (Wildman–Crippen LogP) is 3.52. The van der Waals surface area contributed by atoms with Crippen LogP contribution in [-0.4, -0.2) is 21.7 Å². The zero-order chi connectivity index (χ0) is 19.7. The first-order valence-corrected chi connectivity index (χ1v) is 10.2. The summed E-state index contributed by atoms with van der Waals surface area (Å²) >= 11 is 0. The number of carbonyl (C=O) groups is 1. The topological polar surface area (TPSA) is 55.3 Å². The van der Waals surface area contributed by atoms with Crippen molar-refractivity contribution in [3.63, 3.8) is 0 Å². The molecule has 0 saturated heterocycles. The van der Waals surface area contributed by atoms with Crippen LogP contribution in [0.15, 0.2) is 24.3 Å². The number of aryl methyl sites for hydroxylation is 1. The molecule has 0 amide bonds. The fourth-order valence-electron chi connectivity index (χ4n) is 4.64. The maximum atomic E-state index is 12.9. The second-order valence-corrected chi connectivity index (χ2v) is 8.36. The van der Waals surface area contributed by atoms with Gasteiger partial charge in [-0.05, 0) is 42.7 Å². The highest BCUT2D eigenvalue weighted by molar-refractivity contribution is 5.78. The summed E-state index contributed by atoms with van der Waals surface area (Å²) in [5, 5.41) is 10.9. The molecule has 0 spiro atoms. The third kappa shape index (κ3) is 3.75. The number of carbonyl (C=O) groups excluding carboxylic acids is 1. The van der Waals surface area contributed by atoms with Crippen LogP contribution in [0.4, 0.5) is 0 Å². The van der Waals surface area contributed by atoms with Gasteiger partial charge in [-0.25, -0.2) is 9.36 Å². The molecule has 148 valence electrons. The maximum Gasteiger partial charge on any atom is 0.381 e. The molecule has 0 bridgehead atoms. The largest absolute Gasteiger partial charge is 0.457 e. The average molecular weight is 374 g/mol. The Balaban J connectivity index is 1.88. The molecular formula is C22H33N2O3+. The molecule has 1 aromatic heterocycles. The lowest BCUT2D eigenvalue weighted by molar-refractivity contribution is -0.654. The molecule has 27 heavy (non-hydrogen) atoms. The van der Waals surface area contributed by atoms with E-state index < -0.39 is 12.2 Å². The first-order chi connectivity index (χ1) is 12.8. The molecule has 0 radical (unpaired) electrons. The highest BCUT2D eigenvalue weighted by Crippen LogP contribution is 2.36. The highest BCUT2D eigenvalue weighted by Gasteiger charge is 2.38. The fraction of sp³-hybridized carbons (Fsp3) is 0.636. The fourth-order valence-corrected chi connectivity index (χ4v) is 4.64. The number of aliphatic hydroxyl groups excluding tert-OH is 1. The van der Waals surface area contributed by atoms with Gasteiger partial charge in [0.1, 0.15) is 6.10 Å². The van der Waals surface area contributed by atoms with Crippen LogP contribution in [0.25, 0.3) is 11.0 Å². The lowest BCUT2D eigenvalue weighted by atomic mass is 9.75. The van der Waals surface area contributed by atoms with Crippen LogP contribution in [0.5, 0.6) is 0 Å². The summed E-state index contributed by atoms with van der Waals surface area (Å²) in [6.07, 6.45) is 2.41. The van der Waals surface area contributed by atoms with E-state index in [9.17, 15) is 9.90 Å². The molecule has 1 aliphatic carbocycles. The van der Waals surface area contributed by atoms with Crippen molar-refractivity contribution < 1.29 is 19.2 Å². The number of esters is 1. The van der Waals surface area contributed by atoms with Gasteiger partial charge in [0.15, 0.2) is 11.0 Å². The number of benzene rings is 1. The summed E-state index contributed by atoms with van der Waals surface area (Å²) in [4.78, 5) is 12.9. The normalized spacial score (nSPS) is 24.3. The van der Waals surface area contributed by atoms with Crippen molar-refractivity contribution in [2.45, 2.75) is 65.7 Å². The third-order valence-electron chi connectivity index (χ3n) is 6.17. The smallest absolute Gasteiger partial charge is 0.381 e. The number of hydrogen-bond donors (Lipinski definition) is 1. The Morgan fingerprint density at radius 3 is 2.70 bits per heavy atom. The van der Waals surface area contributed by atoms with Crippen LogP contribution >= 0.6 is 0 Å². The number of fused-ring (bicyclic) bond motifs is 1. The van der Waals surface area contributed by atoms with E-state index in [0.717, 1.165) is 29.7 Å². The van der Waals surface area contributed by atoms with Gasteiger partial charge in [-0.2, -0.15) is 4.57 Å². The van der Waals surface area contributed by atoms with Crippen LogP contribution in [0.3, 0.4) is 0 Å². The van der Waals surface area contributed by atoms with Crippen molar-refractivity contribution in [3.8, 4) is 0 Å². The Hall–Kier alpha value is -1.88. The molecule has 0 aliphatic heterocycles. The van der Waals surface area contributed by atoms with Crippen LogP contribution in [-0.2, 0) is 23.0 Å². The van der Waals surface area contributed by atoms with Gasteiger partial charge in [0.2, 0.25) is 0 Å². The second kappa shape index (κ2) is 8.01. The Kier molecular flexibility index (Phi) is 5.89. The lowest BCUT2D eigenvalue weighted by Gasteiger charge is -2.36. The first-order valence-electron chi connectivity index (χ1n) is 10.2. The van der Waals surface area contributed by atoms with E-state index >= 15 is 0 Å². The summed E-state index contributed by atoms with van der Waals surface area (Å²) in [7, 11) is 1.97. The number of ether oxygens (including phenoxy) is 1. The minimum atomic E-state index is -1.32. The third-order valence-corrected chi connectivity index (χ3v) is 6.17. The quantitative estimate of drug-likeness (QED) is 0.644. The number of rotatable bonds is 5. The minimum Gasteiger partial charge on any atom is -0.457 e. The van der Waals surface area contributed by atoms with Crippen LogP contribution in [0, 0.1) is 17.8 Å². The molecule has 1 heterocycles. The molecule has 1 aromatic carbocycles. The van der Waals surface area contributed by atoms with Crippen molar-refractivity contribution in [3.05, 3.63) is 30.1 Å². The molecule has 3 rings (SSSR count). The Bertz CT molecular complexity index is 811. The summed E-state index contributed by atoms with van der Waals surface area (Å²) < 4.78 is 9.64. The van der Waals surface area contributed by atoms with Gasteiger partial charge >= 0.3 is 5.97 Å². The second-order valence-electron chi connectivity index (χ2n) is 8.36. The molecule has 1 saturated carbocycles. The van der Waals surface area contributed by atoms with Crippen LogP contribution in [0.2, 0.25) is 0 Å². The van der Waals surface area contributed by atoms with Crippen molar-refractivity contribution in [1.82, 2.24) is 4.57 Å². The molecule has 1 aliphatic rings. The van der Waals surface area contributed by atoms with Gasteiger partial charge in [0.25, 0.3) is 12.1 Å². The van der Waals surface area contributed by atoms with E-state index in [-0.39, 0.29) is 6.10 Å². The van der Waals surface area contributed by atoms with Crippen molar-refractivity contribution in [1.29, 1.82) is 0 Å². The van der Waals surface area contributed by atoms with Gasteiger partial charge < -0.3 is 9.84 Å². The van der Waals surface area contributed by atoms with E-state index in [1.807, 2.05) is 42.8 Å².